The van der Waals surface area contributed by atoms with Crippen molar-refractivity contribution in [2.45, 2.75) is 31.3 Å². The highest BCUT2D eigenvalue weighted by Gasteiger charge is 2.39. The molecule has 8 heteroatoms. The van der Waals surface area contributed by atoms with Crippen molar-refractivity contribution in [1.82, 2.24) is 19.9 Å². The maximum atomic E-state index is 12.6. The Labute approximate surface area is 234 Å². The second kappa shape index (κ2) is 10.6. The lowest BCUT2D eigenvalue weighted by Gasteiger charge is -2.12. The molecule has 190 valence electrons. The number of carbonyl (C=O) groups is 1. The van der Waals surface area contributed by atoms with Crippen molar-refractivity contribution in [1.29, 1.82) is 0 Å². The molecule has 2 heterocycles. The number of nitrogens with zero attached hydrogens (tertiary/aromatic N) is 3. The van der Waals surface area contributed by atoms with Crippen LogP contribution >= 0.6 is 27.5 Å². The van der Waals surface area contributed by atoms with Crippen LogP contribution in [0, 0.1) is 0 Å². The number of hydrogen-bond acceptors (Lipinski definition) is 4. The molecule has 0 unspecified atom stereocenters. The van der Waals surface area contributed by atoms with E-state index in [1.165, 1.54) is 5.56 Å². The molecule has 1 aliphatic rings. The number of rotatable bonds is 8. The van der Waals surface area contributed by atoms with Crippen LogP contribution < -0.4 is 10.6 Å². The van der Waals surface area contributed by atoms with Crippen LogP contribution in [-0.4, -0.2) is 26.5 Å². The van der Waals surface area contributed by atoms with Crippen molar-refractivity contribution < 1.29 is 4.79 Å². The molecule has 1 aliphatic carbocycles. The summed E-state index contributed by atoms with van der Waals surface area (Å²) in [5, 5.41) is 11.7. The van der Waals surface area contributed by atoms with E-state index in [-0.39, 0.29) is 11.9 Å². The molecule has 2 N–H and O–H groups in total. The van der Waals surface area contributed by atoms with Gasteiger partial charge in [0.2, 0.25) is 5.91 Å². The van der Waals surface area contributed by atoms with Crippen LogP contribution in [0.1, 0.15) is 29.0 Å². The fourth-order valence-corrected chi connectivity index (χ4v) is 5.28. The second-order valence-electron chi connectivity index (χ2n) is 9.51. The predicted molar refractivity (Wildman–Crippen MR) is 154 cm³/mol. The highest BCUT2D eigenvalue weighted by Crippen LogP contribution is 2.40. The zero-order chi connectivity index (χ0) is 26.1. The molecule has 1 fully saturated rings. The number of benzene rings is 3. The summed E-state index contributed by atoms with van der Waals surface area (Å²) in [4.78, 5) is 17.3. The summed E-state index contributed by atoms with van der Waals surface area (Å²) in [6.07, 6.45) is 3.11. The van der Waals surface area contributed by atoms with E-state index < -0.39 is 0 Å². The van der Waals surface area contributed by atoms with Gasteiger partial charge in [0.05, 0.1) is 22.8 Å². The summed E-state index contributed by atoms with van der Waals surface area (Å²) in [7, 11) is 0. The molecule has 38 heavy (non-hydrogen) atoms. The Bertz CT molecular complexity index is 1600. The van der Waals surface area contributed by atoms with E-state index >= 15 is 0 Å². The molecule has 1 saturated carbocycles. The second-order valence-corrected chi connectivity index (χ2v) is 10.8. The summed E-state index contributed by atoms with van der Waals surface area (Å²) >= 11 is 9.99. The molecule has 6 nitrogen and oxygen atoms in total. The number of aromatic nitrogens is 3. The first-order valence-corrected chi connectivity index (χ1v) is 13.7. The van der Waals surface area contributed by atoms with Gasteiger partial charge in [-0.1, -0.05) is 84.4 Å². The highest BCUT2D eigenvalue weighted by atomic mass is 79.9. The Balaban J connectivity index is 1.10. The molecule has 6 rings (SSSR count). The molecule has 0 radical (unpaired) electrons. The molecule has 0 aliphatic heterocycles. The molecular formula is C30H25BrClN5O. The lowest BCUT2D eigenvalue weighted by molar-refractivity contribution is -0.120. The topological polar surface area (TPSA) is 71.3 Å². The van der Waals surface area contributed by atoms with Crippen molar-refractivity contribution in [3.05, 3.63) is 117 Å². The van der Waals surface area contributed by atoms with E-state index in [2.05, 4.69) is 43.8 Å². The fourth-order valence-electron chi connectivity index (χ4n) is 4.70. The number of halogens is 2. The van der Waals surface area contributed by atoms with E-state index in [0.29, 0.717) is 29.6 Å². The van der Waals surface area contributed by atoms with E-state index in [9.17, 15) is 4.79 Å². The molecular weight excluding hydrogens is 562 g/mol. The number of nitrogens with one attached hydrogen (secondary N) is 2. The van der Waals surface area contributed by atoms with Gasteiger partial charge in [-0.15, -0.1) is 0 Å². The van der Waals surface area contributed by atoms with Crippen LogP contribution in [0.5, 0.6) is 0 Å². The Morgan fingerprint density at radius 3 is 2.53 bits per heavy atom. The Hall–Kier alpha value is -3.68. The van der Waals surface area contributed by atoms with Crippen LogP contribution in [0.15, 0.2) is 95.6 Å². The van der Waals surface area contributed by atoms with Crippen molar-refractivity contribution in [2.75, 3.05) is 5.32 Å². The van der Waals surface area contributed by atoms with Crippen molar-refractivity contribution in [2.24, 2.45) is 0 Å². The standard InChI is InChI=1S/C30H25BrClN5O/c31-24-18-34-37-28(16-27(36-30(24)37)22-8-4-5-9-25(22)32)33-17-20-12-10-19(11-13-20)14-29(38)35-26-15-23(26)21-6-2-1-3-7-21/h1-13,16,18,23,26,33H,14-15,17H2,(H,35,38)/t23-,26+/m0/s1. The molecule has 5 aromatic rings. The zero-order valence-electron chi connectivity index (χ0n) is 20.4. The number of anilines is 1. The Kier molecular flexibility index (Phi) is 6.87. The highest BCUT2D eigenvalue weighted by molar-refractivity contribution is 9.10. The number of fused-ring (bicyclic) bond motifs is 1. The van der Waals surface area contributed by atoms with E-state index in [0.717, 1.165) is 39.1 Å². The number of carbonyl (C=O) groups excluding carboxylic acids is 1. The third-order valence-electron chi connectivity index (χ3n) is 6.80. The van der Waals surface area contributed by atoms with Crippen molar-refractivity contribution in [3.8, 4) is 11.3 Å². The first kappa shape index (κ1) is 24.6. The van der Waals surface area contributed by atoms with Crippen molar-refractivity contribution >= 4 is 44.9 Å². The van der Waals surface area contributed by atoms with Crippen molar-refractivity contribution in [3.63, 3.8) is 0 Å². The Morgan fingerprint density at radius 2 is 1.74 bits per heavy atom. The van der Waals surface area contributed by atoms with Crippen LogP contribution in [0.25, 0.3) is 16.9 Å². The van der Waals surface area contributed by atoms with Gasteiger partial charge in [-0.2, -0.15) is 9.61 Å². The molecule has 0 saturated heterocycles. The quantitative estimate of drug-likeness (QED) is 0.214. The maximum Gasteiger partial charge on any atom is 0.224 e. The molecule has 2 aromatic heterocycles. The third-order valence-corrected chi connectivity index (χ3v) is 7.69. The zero-order valence-corrected chi connectivity index (χ0v) is 22.8. The van der Waals surface area contributed by atoms with Gasteiger partial charge in [-0.25, -0.2) is 4.98 Å². The summed E-state index contributed by atoms with van der Waals surface area (Å²) < 4.78 is 2.57. The minimum absolute atomic E-state index is 0.0647. The summed E-state index contributed by atoms with van der Waals surface area (Å²) in [6, 6.07) is 28.3. The first-order chi connectivity index (χ1) is 18.5. The summed E-state index contributed by atoms with van der Waals surface area (Å²) in [5.41, 5.74) is 5.71. The molecule has 0 bridgehead atoms. The van der Waals surface area contributed by atoms with Gasteiger partial charge in [0.15, 0.2) is 5.65 Å². The van der Waals surface area contributed by atoms with Gasteiger partial charge in [0.1, 0.15) is 5.82 Å². The van der Waals surface area contributed by atoms with Gasteiger partial charge in [0, 0.05) is 35.2 Å². The average molecular weight is 587 g/mol. The van der Waals surface area contributed by atoms with Crippen LogP contribution in [0.3, 0.4) is 0 Å². The Morgan fingerprint density at radius 1 is 1.00 bits per heavy atom. The SMILES string of the molecule is O=C(Cc1ccc(CNc2cc(-c3ccccc3Cl)nc3c(Br)cnn23)cc1)N[C@@H]1C[C@H]1c1ccccc1. The van der Waals surface area contributed by atoms with Gasteiger partial charge < -0.3 is 10.6 Å². The van der Waals surface area contributed by atoms with Crippen LogP contribution in [0.4, 0.5) is 5.82 Å². The maximum absolute atomic E-state index is 12.6. The smallest absolute Gasteiger partial charge is 0.224 e. The van der Waals surface area contributed by atoms with Gasteiger partial charge in [-0.05, 0) is 45.1 Å². The van der Waals surface area contributed by atoms with Crippen LogP contribution in [0.2, 0.25) is 5.02 Å². The first-order valence-electron chi connectivity index (χ1n) is 12.5. The minimum Gasteiger partial charge on any atom is -0.366 e. The summed E-state index contributed by atoms with van der Waals surface area (Å²) in [5.74, 6) is 1.30. The lowest BCUT2D eigenvalue weighted by Crippen LogP contribution is -2.28. The molecule has 1 amide bonds. The largest absolute Gasteiger partial charge is 0.366 e. The number of amides is 1. The molecule has 3 aromatic carbocycles. The summed E-state index contributed by atoms with van der Waals surface area (Å²) in [6.45, 7) is 0.589. The van der Waals surface area contributed by atoms with Gasteiger partial charge in [0.25, 0.3) is 0 Å². The monoisotopic (exact) mass is 585 g/mol. The molecule has 0 spiro atoms. The van der Waals surface area contributed by atoms with E-state index in [1.807, 2.05) is 72.8 Å². The predicted octanol–water partition coefficient (Wildman–Crippen LogP) is 6.64. The average Bonchev–Trinajstić information content (AvgIpc) is 3.60. The van der Waals surface area contributed by atoms with Gasteiger partial charge >= 0.3 is 0 Å². The third kappa shape index (κ3) is 5.30. The normalized spacial score (nSPS) is 16.4. The fraction of sp³-hybridized carbons (Fsp3) is 0.167. The molecule has 2 atom stereocenters. The van der Waals surface area contributed by atoms with E-state index in [4.69, 9.17) is 16.6 Å². The van der Waals surface area contributed by atoms with Gasteiger partial charge in [-0.3, -0.25) is 4.79 Å². The van der Waals surface area contributed by atoms with Crippen LogP contribution in [-0.2, 0) is 17.8 Å². The van der Waals surface area contributed by atoms with E-state index in [1.54, 1.807) is 10.7 Å². The lowest BCUT2D eigenvalue weighted by atomic mass is 10.1. The number of hydrogen-bond donors (Lipinski definition) is 2. The minimum atomic E-state index is 0.0647.